The van der Waals surface area contributed by atoms with Crippen molar-refractivity contribution in [1.82, 2.24) is 5.32 Å². The molecular formula is C14H17ClN2O2. The van der Waals surface area contributed by atoms with Crippen molar-refractivity contribution in [2.45, 2.75) is 33.2 Å². The van der Waals surface area contributed by atoms with E-state index in [0.29, 0.717) is 17.1 Å². The maximum absolute atomic E-state index is 12.2. The topological polar surface area (TPSA) is 49.4 Å². The van der Waals surface area contributed by atoms with Crippen LogP contribution in [0.15, 0.2) is 24.3 Å². The van der Waals surface area contributed by atoms with E-state index in [-0.39, 0.29) is 23.4 Å². The fraction of sp³-hybridized carbons (Fsp3) is 0.429. The summed E-state index contributed by atoms with van der Waals surface area (Å²) in [7, 11) is 0. The molecule has 0 aromatic heterocycles. The van der Waals surface area contributed by atoms with Gasteiger partial charge < -0.3 is 5.32 Å². The van der Waals surface area contributed by atoms with E-state index >= 15 is 0 Å². The van der Waals surface area contributed by atoms with E-state index in [4.69, 9.17) is 11.6 Å². The first-order valence-corrected chi connectivity index (χ1v) is 6.56. The van der Waals surface area contributed by atoms with Crippen LogP contribution in [0, 0.1) is 5.41 Å². The van der Waals surface area contributed by atoms with Gasteiger partial charge in [0.05, 0.1) is 5.69 Å². The van der Waals surface area contributed by atoms with Crippen LogP contribution in [0.25, 0.3) is 0 Å². The summed E-state index contributed by atoms with van der Waals surface area (Å²) < 4.78 is 0. The molecule has 0 bridgehead atoms. The summed E-state index contributed by atoms with van der Waals surface area (Å²) in [6.07, 6.45) is 0.303. The second-order valence-electron chi connectivity index (χ2n) is 5.78. The SMILES string of the molecule is CC(C)(C)C1CC(=O)N(c2ccc(Cl)cc2)C(=O)N1. The fourth-order valence-corrected chi connectivity index (χ4v) is 2.14. The molecule has 1 aromatic carbocycles. The average Bonchev–Trinajstić information content (AvgIpc) is 2.29. The van der Waals surface area contributed by atoms with Crippen LogP contribution in [0.2, 0.25) is 5.02 Å². The summed E-state index contributed by atoms with van der Waals surface area (Å²) in [5.74, 6) is -0.189. The van der Waals surface area contributed by atoms with E-state index in [1.165, 1.54) is 4.90 Å². The molecule has 0 aliphatic carbocycles. The average molecular weight is 281 g/mol. The normalized spacial score (nSPS) is 20.4. The number of amides is 3. The zero-order chi connectivity index (χ0) is 14.2. The molecule has 1 aromatic rings. The number of benzene rings is 1. The summed E-state index contributed by atoms with van der Waals surface area (Å²) in [4.78, 5) is 25.5. The van der Waals surface area contributed by atoms with Gasteiger partial charge in [-0.1, -0.05) is 32.4 Å². The molecule has 1 fully saturated rings. The first-order chi connectivity index (χ1) is 8.79. The van der Waals surface area contributed by atoms with Gasteiger partial charge in [0.1, 0.15) is 0 Å². The Bertz CT molecular complexity index is 487. The molecule has 1 unspecified atom stereocenters. The smallest absolute Gasteiger partial charge is 0.328 e. The Labute approximate surface area is 117 Å². The standard InChI is InChI=1S/C14H17ClN2O2/c1-14(2,3)11-8-12(18)17(13(19)16-11)10-6-4-9(15)5-7-10/h4-7,11H,8H2,1-3H3,(H,16,19). The molecule has 5 heteroatoms. The highest BCUT2D eigenvalue weighted by Gasteiger charge is 2.38. The predicted octanol–water partition coefficient (Wildman–Crippen LogP) is 3.20. The van der Waals surface area contributed by atoms with Gasteiger partial charge in [0.15, 0.2) is 0 Å². The fourth-order valence-electron chi connectivity index (χ4n) is 2.02. The molecular weight excluding hydrogens is 264 g/mol. The van der Waals surface area contributed by atoms with Crippen molar-refractivity contribution in [3.63, 3.8) is 0 Å². The number of carbonyl (C=O) groups is 2. The third kappa shape index (κ3) is 2.89. The van der Waals surface area contributed by atoms with E-state index < -0.39 is 0 Å². The molecule has 1 N–H and O–H groups in total. The molecule has 0 saturated carbocycles. The Morgan fingerprint density at radius 2 is 1.79 bits per heavy atom. The number of imide groups is 1. The van der Waals surface area contributed by atoms with Crippen molar-refractivity contribution in [2.24, 2.45) is 5.41 Å². The predicted molar refractivity (Wildman–Crippen MR) is 75.3 cm³/mol. The number of urea groups is 1. The number of nitrogens with zero attached hydrogens (tertiary/aromatic N) is 1. The van der Waals surface area contributed by atoms with Crippen LogP contribution in [-0.4, -0.2) is 18.0 Å². The number of halogens is 1. The van der Waals surface area contributed by atoms with Crippen molar-refractivity contribution >= 4 is 29.2 Å². The van der Waals surface area contributed by atoms with E-state index in [1.54, 1.807) is 24.3 Å². The summed E-state index contributed by atoms with van der Waals surface area (Å²) in [5, 5.41) is 3.45. The van der Waals surface area contributed by atoms with Crippen molar-refractivity contribution in [3.05, 3.63) is 29.3 Å². The molecule has 1 aliphatic heterocycles. The van der Waals surface area contributed by atoms with Gasteiger partial charge in [-0.15, -0.1) is 0 Å². The molecule has 19 heavy (non-hydrogen) atoms. The second-order valence-corrected chi connectivity index (χ2v) is 6.21. The van der Waals surface area contributed by atoms with Crippen LogP contribution in [0.3, 0.4) is 0 Å². The quantitative estimate of drug-likeness (QED) is 0.859. The summed E-state index contributed by atoms with van der Waals surface area (Å²) in [5.41, 5.74) is 0.400. The Morgan fingerprint density at radius 3 is 2.26 bits per heavy atom. The lowest BCUT2D eigenvalue weighted by atomic mass is 9.83. The van der Waals surface area contributed by atoms with Gasteiger partial charge in [-0.3, -0.25) is 4.79 Å². The van der Waals surface area contributed by atoms with E-state index in [0.717, 1.165) is 0 Å². The Balaban J connectivity index is 2.23. The van der Waals surface area contributed by atoms with Crippen molar-refractivity contribution < 1.29 is 9.59 Å². The van der Waals surface area contributed by atoms with Gasteiger partial charge in [0, 0.05) is 17.5 Å². The van der Waals surface area contributed by atoms with Gasteiger partial charge in [-0.2, -0.15) is 0 Å². The summed E-state index contributed by atoms with van der Waals surface area (Å²) in [6.45, 7) is 6.01. The van der Waals surface area contributed by atoms with E-state index in [1.807, 2.05) is 20.8 Å². The maximum Gasteiger partial charge on any atom is 0.328 e. The molecule has 0 radical (unpaired) electrons. The van der Waals surface area contributed by atoms with Crippen LogP contribution in [0.4, 0.5) is 10.5 Å². The highest BCUT2D eigenvalue weighted by Crippen LogP contribution is 2.28. The Hall–Kier alpha value is -1.55. The van der Waals surface area contributed by atoms with Crippen molar-refractivity contribution in [2.75, 3.05) is 4.90 Å². The highest BCUT2D eigenvalue weighted by molar-refractivity contribution is 6.30. The number of hydrogen-bond acceptors (Lipinski definition) is 2. The summed E-state index contributed by atoms with van der Waals surface area (Å²) in [6, 6.07) is 6.13. The van der Waals surface area contributed by atoms with Gasteiger partial charge in [0.25, 0.3) is 0 Å². The van der Waals surface area contributed by atoms with Crippen LogP contribution in [-0.2, 0) is 4.79 Å². The molecule has 4 nitrogen and oxygen atoms in total. The van der Waals surface area contributed by atoms with Crippen LogP contribution >= 0.6 is 11.6 Å². The molecule has 2 rings (SSSR count). The van der Waals surface area contributed by atoms with Gasteiger partial charge in [-0.25, -0.2) is 9.69 Å². The van der Waals surface area contributed by atoms with Crippen molar-refractivity contribution in [1.29, 1.82) is 0 Å². The van der Waals surface area contributed by atoms with Crippen molar-refractivity contribution in [3.8, 4) is 0 Å². The zero-order valence-corrected chi connectivity index (χ0v) is 12.0. The van der Waals surface area contributed by atoms with Crippen LogP contribution in [0.1, 0.15) is 27.2 Å². The second kappa shape index (κ2) is 4.85. The number of rotatable bonds is 1. The number of nitrogens with one attached hydrogen (secondary N) is 1. The van der Waals surface area contributed by atoms with Gasteiger partial charge in [0.2, 0.25) is 5.91 Å². The van der Waals surface area contributed by atoms with Gasteiger partial charge in [-0.05, 0) is 29.7 Å². The first-order valence-electron chi connectivity index (χ1n) is 6.18. The largest absolute Gasteiger partial charge is 0.334 e. The Morgan fingerprint density at radius 1 is 1.21 bits per heavy atom. The van der Waals surface area contributed by atoms with E-state index in [9.17, 15) is 9.59 Å². The lowest BCUT2D eigenvalue weighted by Crippen LogP contribution is -2.58. The Kier molecular flexibility index (Phi) is 3.54. The number of hydrogen-bond donors (Lipinski definition) is 1. The monoisotopic (exact) mass is 280 g/mol. The third-order valence-corrected chi connectivity index (χ3v) is 3.51. The summed E-state index contributed by atoms with van der Waals surface area (Å²) >= 11 is 5.80. The molecule has 1 atom stereocenters. The molecule has 0 spiro atoms. The number of anilines is 1. The molecule has 3 amide bonds. The molecule has 1 heterocycles. The molecule has 1 saturated heterocycles. The number of carbonyl (C=O) groups excluding carboxylic acids is 2. The highest BCUT2D eigenvalue weighted by atomic mass is 35.5. The lowest BCUT2D eigenvalue weighted by Gasteiger charge is -2.38. The van der Waals surface area contributed by atoms with Crippen LogP contribution < -0.4 is 10.2 Å². The van der Waals surface area contributed by atoms with E-state index in [2.05, 4.69) is 5.32 Å². The maximum atomic E-state index is 12.2. The van der Waals surface area contributed by atoms with Gasteiger partial charge >= 0.3 is 6.03 Å². The van der Waals surface area contributed by atoms with Crippen LogP contribution in [0.5, 0.6) is 0 Å². The minimum atomic E-state index is -0.376. The minimum absolute atomic E-state index is 0.141. The third-order valence-electron chi connectivity index (χ3n) is 3.26. The first kappa shape index (κ1) is 13.9. The zero-order valence-electron chi connectivity index (χ0n) is 11.2. The molecule has 102 valence electrons. The minimum Gasteiger partial charge on any atom is -0.334 e. The molecule has 1 aliphatic rings. The lowest BCUT2D eigenvalue weighted by molar-refractivity contribution is -0.119.